The predicted molar refractivity (Wildman–Crippen MR) is 138 cm³/mol. The summed E-state index contributed by atoms with van der Waals surface area (Å²) in [5.74, 6) is 2.34. The van der Waals surface area contributed by atoms with E-state index >= 15 is 0 Å². The van der Waals surface area contributed by atoms with E-state index in [-0.39, 0.29) is 6.10 Å². The van der Waals surface area contributed by atoms with Crippen molar-refractivity contribution in [1.82, 2.24) is 19.7 Å². The quantitative estimate of drug-likeness (QED) is 0.236. The predicted octanol–water partition coefficient (Wildman–Crippen LogP) is 7.43. The van der Waals surface area contributed by atoms with Gasteiger partial charge in [-0.25, -0.2) is 4.98 Å². The fourth-order valence-electron chi connectivity index (χ4n) is 3.58. The molecule has 172 valence electrons. The second kappa shape index (κ2) is 10.3. The molecule has 2 aromatic heterocycles. The molecule has 0 aliphatic heterocycles. The van der Waals surface area contributed by atoms with Gasteiger partial charge in [0.2, 0.25) is 0 Å². The molecule has 2 heterocycles. The maximum atomic E-state index is 6.29. The molecular weight excluding hydrogens is 472 g/mol. The van der Waals surface area contributed by atoms with Crippen molar-refractivity contribution in [3.05, 3.63) is 75.0 Å². The molecule has 1 atom stereocenters. The number of thiazole rings is 1. The summed E-state index contributed by atoms with van der Waals surface area (Å²) >= 11 is 9.61. The van der Waals surface area contributed by atoms with E-state index in [1.807, 2.05) is 32.9 Å². The maximum Gasteiger partial charge on any atom is 0.191 e. The first kappa shape index (κ1) is 23.8. The van der Waals surface area contributed by atoms with Gasteiger partial charge in [0.1, 0.15) is 10.8 Å². The topological polar surface area (TPSA) is 52.8 Å². The van der Waals surface area contributed by atoms with E-state index in [1.54, 1.807) is 23.1 Å². The number of ether oxygens (including phenoxy) is 1. The van der Waals surface area contributed by atoms with Crippen LogP contribution >= 0.6 is 34.7 Å². The molecular formula is C25H27ClN4OS2. The Labute approximate surface area is 208 Å². The average Bonchev–Trinajstić information content (AvgIpc) is 3.43. The molecule has 0 N–H and O–H groups in total. The molecule has 5 nitrogen and oxygen atoms in total. The summed E-state index contributed by atoms with van der Waals surface area (Å²) in [7, 11) is 0. The summed E-state index contributed by atoms with van der Waals surface area (Å²) in [6, 6.07) is 12.4. The molecule has 0 aliphatic carbocycles. The van der Waals surface area contributed by atoms with Gasteiger partial charge in [0.05, 0.1) is 5.69 Å². The lowest BCUT2D eigenvalue weighted by molar-refractivity contribution is 0.209. The van der Waals surface area contributed by atoms with Crippen molar-refractivity contribution in [3.8, 4) is 16.3 Å². The van der Waals surface area contributed by atoms with E-state index in [0.717, 1.165) is 61.4 Å². The van der Waals surface area contributed by atoms with Gasteiger partial charge in [-0.1, -0.05) is 53.2 Å². The fourth-order valence-corrected chi connectivity index (χ4v) is 5.52. The molecule has 1 unspecified atom stereocenters. The number of thioether (sulfide) groups is 1. The van der Waals surface area contributed by atoms with Crippen LogP contribution in [0.25, 0.3) is 10.6 Å². The molecule has 8 heteroatoms. The lowest BCUT2D eigenvalue weighted by Gasteiger charge is -2.17. The lowest BCUT2D eigenvalue weighted by Crippen LogP contribution is -2.12. The third-order valence-corrected chi connectivity index (χ3v) is 7.88. The Morgan fingerprint density at radius 1 is 1.09 bits per heavy atom. The number of aryl methyl sites for hydroxylation is 3. The van der Waals surface area contributed by atoms with Gasteiger partial charge in [0.25, 0.3) is 0 Å². The van der Waals surface area contributed by atoms with Crippen molar-refractivity contribution in [2.45, 2.75) is 58.2 Å². The van der Waals surface area contributed by atoms with Crippen LogP contribution in [0, 0.1) is 20.8 Å². The number of benzene rings is 2. The normalized spacial score (nSPS) is 12.2. The van der Waals surface area contributed by atoms with Gasteiger partial charge < -0.3 is 9.30 Å². The molecule has 0 saturated heterocycles. The zero-order valence-corrected chi connectivity index (χ0v) is 21.8. The number of aromatic nitrogens is 4. The van der Waals surface area contributed by atoms with Crippen molar-refractivity contribution in [2.75, 3.05) is 0 Å². The molecule has 0 aliphatic rings. The highest BCUT2D eigenvalue weighted by Crippen LogP contribution is 2.31. The second-order valence-electron chi connectivity index (χ2n) is 8.01. The Bertz CT molecular complexity index is 1230. The lowest BCUT2D eigenvalue weighted by atomic mass is 10.1. The zero-order chi connectivity index (χ0) is 23.5. The van der Waals surface area contributed by atoms with Crippen molar-refractivity contribution in [3.63, 3.8) is 0 Å². The first-order chi connectivity index (χ1) is 15.9. The van der Waals surface area contributed by atoms with Gasteiger partial charge in [0, 0.05) is 28.3 Å². The van der Waals surface area contributed by atoms with E-state index in [9.17, 15) is 0 Å². The Morgan fingerprint density at radius 2 is 1.79 bits per heavy atom. The first-order valence-corrected chi connectivity index (χ1v) is 13.1. The Kier molecular flexibility index (Phi) is 7.41. The SMILES string of the molecule is CCn1c(SCc2csc(-c3ccc(C)cc3)n2)nnc1C(C)Oc1cc(C)c(Cl)c(C)c1. The minimum atomic E-state index is -0.237. The number of halogens is 1. The van der Waals surface area contributed by atoms with Gasteiger partial charge in [0.15, 0.2) is 17.1 Å². The van der Waals surface area contributed by atoms with Gasteiger partial charge in [-0.2, -0.15) is 0 Å². The van der Waals surface area contributed by atoms with Crippen LogP contribution in [0.3, 0.4) is 0 Å². The number of rotatable bonds is 8. The fraction of sp³-hybridized carbons (Fsp3) is 0.320. The minimum absolute atomic E-state index is 0.237. The van der Waals surface area contributed by atoms with Crippen LogP contribution < -0.4 is 4.74 Å². The maximum absolute atomic E-state index is 6.29. The standard InChI is InChI=1S/C25H27ClN4OS2/c1-6-30-23(18(5)31-21-11-16(3)22(26)17(4)12-21)28-29-25(30)33-14-20-13-32-24(27-20)19-9-7-15(2)8-10-19/h7-13,18H,6,14H2,1-5H3. The molecule has 0 fully saturated rings. The van der Waals surface area contributed by atoms with Crippen LogP contribution in [0.15, 0.2) is 46.9 Å². The summed E-state index contributed by atoms with van der Waals surface area (Å²) in [5, 5.41) is 13.7. The highest BCUT2D eigenvalue weighted by molar-refractivity contribution is 7.98. The summed E-state index contributed by atoms with van der Waals surface area (Å²) in [6.45, 7) is 10.9. The number of nitrogens with zero attached hydrogens (tertiary/aromatic N) is 4. The van der Waals surface area contributed by atoms with Gasteiger partial charge in [-0.3, -0.25) is 0 Å². The minimum Gasteiger partial charge on any atom is -0.483 e. The van der Waals surface area contributed by atoms with Crippen LogP contribution in [0.1, 0.15) is 48.2 Å². The van der Waals surface area contributed by atoms with Crippen LogP contribution in [0.2, 0.25) is 5.02 Å². The third-order valence-electron chi connectivity index (χ3n) is 5.35. The highest BCUT2D eigenvalue weighted by atomic mass is 35.5. The third kappa shape index (κ3) is 5.42. The van der Waals surface area contributed by atoms with Crippen LogP contribution in [-0.2, 0) is 12.3 Å². The smallest absolute Gasteiger partial charge is 0.191 e. The summed E-state index contributed by atoms with van der Waals surface area (Å²) in [4.78, 5) is 4.81. The van der Waals surface area contributed by atoms with Gasteiger partial charge in [-0.15, -0.1) is 21.5 Å². The van der Waals surface area contributed by atoms with Gasteiger partial charge >= 0.3 is 0 Å². The molecule has 4 aromatic rings. The Morgan fingerprint density at radius 3 is 2.45 bits per heavy atom. The van der Waals surface area contributed by atoms with Crippen LogP contribution in [-0.4, -0.2) is 19.7 Å². The summed E-state index contributed by atoms with van der Waals surface area (Å²) in [5.41, 5.74) is 5.45. The van der Waals surface area contributed by atoms with Crippen molar-refractivity contribution in [1.29, 1.82) is 0 Å². The van der Waals surface area contributed by atoms with E-state index in [2.05, 4.69) is 58.3 Å². The van der Waals surface area contributed by atoms with Crippen LogP contribution in [0.5, 0.6) is 5.75 Å². The van der Waals surface area contributed by atoms with Crippen molar-refractivity contribution >= 4 is 34.7 Å². The highest BCUT2D eigenvalue weighted by Gasteiger charge is 2.20. The second-order valence-corrected chi connectivity index (χ2v) is 10.2. The zero-order valence-electron chi connectivity index (χ0n) is 19.4. The van der Waals surface area contributed by atoms with E-state index in [1.165, 1.54) is 5.56 Å². The molecule has 2 aromatic carbocycles. The van der Waals surface area contributed by atoms with Crippen molar-refractivity contribution < 1.29 is 4.74 Å². The first-order valence-electron chi connectivity index (χ1n) is 10.9. The molecule has 33 heavy (non-hydrogen) atoms. The van der Waals surface area contributed by atoms with E-state index < -0.39 is 0 Å². The largest absolute Gasteiger partial charge is 0.483 e. The molecule has 0 bridgehead atoms. The molecule has 0 saturated carbocycles. The number of hydrogen-bond donors (Lipinski definition) is 0. The monoisotopic (exact) mass is 498 g/mol. The van der Waals surface area contributed by atoms with Gasteiger partial charge in [-0.05, 0) is 57.9 Å². The molecule has 0 amide bonds. The van der Waals surface area contributed by atoms with Crippen LogP contribution in [0.4, 0.5) is 0 Å². The molecule has 4 rings (SSSR count). The van der Waals surface area contributed by atoms with Crippen molar-refractivity contribution in [2.24, 2.45) is 0 Å². The number of hydrogen-bond acceptors (Lipinski definition) is 6. The van der Waals surface area contributed by atoms with E-state index in [4.69, 9.17) is 21.3 Å². The summed E-state index contributed by atoms with van der Waals surface area (Å²) < 4.78 is 8.30. The Balaban J connectivity index is 1.45. The molecule has 0 spiro atoms. The molecule has 0 radical (unpaired) electrons. The van der Waals surface area contributed by atoms with E-state index in [0.29, 0.717) is 0 Å². The Hall–Kier alpha value is -2.35. The summed E-state index contributed by atoms with van der Waals surface area (Å²) in [6.07, 6.45) is -0.237. The average molecular weight is 499 g/mol.